The molecule has 0 aliphatic heterocycles. The van der Waals surface area contributed by atoms with Gasteiger partial charge in [0.1, 0.15) is 5.75 Å². The van der Waals surface area contributed by atoms with Gasteiger partial charge in [-0.2, -0.15) is 0 Å². The zero-order chi connectivity index (χ0) is 12.8. The van der Waals surface area contributed by atoms with Gasteiger partial charge in [0.25, 0.3) is 5.91 Å². The van der Waals surface area contributed by atoms with Crippen LogP contribution in [0.1, 0.15) is 49.4 Å². The molecule has 1 N–H and O–H groups in total. The Morgan fingerprint density at radius 3 is 2.78 bits per heavy atom. The monoisotopic (exact) mass is 247 g/mol. The normalized spacial score (nSPS) is 15.6. The van der Waals surface area contributed by atoms with Crippen molar-refractivity contribution in [1.29, 1.82) is 0 Å². The standard InChI is InChI=1S/C15H21NO2/c1-2-11-18-14-10-6-5-9-13(14)15(17)16-12-7-3-4-8-12/h5-6,9-10,12H,2-4,7-8,11H2,1H3,(H,16,17). The van der Waals surface area contributed by atoms with E-state index in [4.69, 9.17) is 4.74 Å². The molecule has 0 aromatic heterocycles. The van der Waals surface area contributed by atoms with Crippen molar-refractivity contribution in [3.05, 3.63) is 29.8 Å². The first-order valence-corrected chi connectivity index (χ1v) is 6.84. The van der Waals surface area contributed by atoms with Gasteiger partial charge in [-0.25, -0.2) is 0 Å². The molecular formula is C15H21NO2. The summed E-state index contributed by atoms with van der Waals surface area (Å²) in [5.41, 5.74) is 0.651. The zero-order valence-electron chi connectivity index (χ0n) is 10.9. The summed E-state index contributed by atoms with van der Waals surface area (Å²) in [6, 6.07) is 7.81. The molecular weight excluding hydrogens is 226 g/mol. The molecule has 0 heterocycles. The number of benzene rings is 1. The summed E-state index contributed by atoms with van der Waals surface area (Å²) >= 11 is 0. The summed E-state index contributed by atoms with van der Waals surface area (Å²) in [4.78, 5) is 12.2. The molecule has 1 fully saturated rings. The van der Waals surface area contributed by atoms with E-state index < -0.39 is 0 Å². The van der Waals surface area contributed by atoms with Crippen LogP contribution in [0.4, 0.5) is 0 Å². The second-order valence-electron chi connectivity index (χ2n) is 4.80. The molecule has 0 radical (unpaired) electrons. The van der Waals surface area contributed by atoms with Crippen LogP contribution >= 0.6 is 0 Å². The Balaban J connectivity index is 2.03. The van der Waals surface area contributed by atoms with Crippen LogP contribution in [0.15, 0.2) is 24.3 Å². The van der Waals surface area contributed by atoms with Crippen LogP contribution in [0.25, 0.3) is 0 Å². The highest BCUT2D eigenvalue weighted by atomic mass is 16.5. The predicted molar refractivity (Wildman–Crippen MR) is 72.0 cm³/mol. The Labute approximate surface area is 109 Å². The SMILES string of the molecule is CCCOc1ccccc1C(=O)NC1CCCC1. The van der Waals surface area contributed by atoms with E-state index in [0.29, 0.717) is 24.0 Å². The quantitative estimate of drug-likeness (QED) is 0.868. The molecule has 18 heavy (non-hydrogen) atoms. The van der Waals surface area contributed by atoms with Gasteiger partial charge >= 0.3 is 0 Å². The third kappa shape index (κ3) is 3.25. The van der Waals surface area contributed by atoms with Crippen molar-refractivity contribution < 1.29 is 9.53 Å². The molecule has 3 nitrogen and oxygen atoms in total. The molecule has 0 unspecified atom stereocenters. The van der Waals surface area contributed by atoms with E-state index in [1.54, 1.807) is 0 Å². The number of hydrogen-bond acceptors (Lipinski definition) is 2. The van der Waals surface area contributed by atoms with E-state index >= 15 is 0 Å². The molecule has 1 aromatic rings. The molecule has 2 rings (SSSR count). The second kappa shape index (κ2) is 6.43. The van der Waals surface area contributed by atoms with Crippen LogP contribution in [0.2, 0.25) is 0 Å². The van der Waals surface area contributed by atoms with Gasteiger partial charge in [0.15, 0.2) is 0 Å². The number of ether oxygens (including phenoxy) is 1. The third-order valence-corrected chi connectivity index (χ3v) is 3.28. The highest BCUT2D eigenvalue weighted by molar-refractivity contribution is 5.97. The third-order valence-electron chi connectivity index (χ3n) is 3.28. The highest BCUT2D eigenvalue weighted by Crippen LogP contribution is 2.21. The minimum atomic E-state index is -0.00592. The van der Waals surface area contributed by atoms with Crippen molar-refractivity contribution >= 4 is 5.91 Å². The Kier molecular flexibility index (Phi) is 4.62. The number of nitrogens with one attached hydrogen (secondary N) is 1. The highest BCUT2D eigenvalue weighted by Gasteiger charge is 2.19. The van der Waals surface area contributed by atoms with Gasteiger partial charge in [0, 0.05) is 6.04 Å². The zero-order valence-corrected chi connectivity index (χ0v) is 10.9. The summed E-state index contributed by atoms with van der Waals surface area (Å²) in [7, 11) is 0. The van der Waals surface area contributed by atoms with E-state index in [2.05, 4.69) is 12.2 Å². The number of carbonyl (C=O) groups excluding carboxylic acids is 1. The van der Waals surface area contributed by atoms with Crippen LogP contribution < -0.4 is 10.1 Å². The van der Waals surface area contributed by atoms with Crippen molar-refractivity contribution in [3.8, 4) is 5.75 Å². The lowest BCUT2D eigenvalue weighted by atomic mass is 10.1. The van der Waals surface area contributed by atoms with Crippen LogP contribution in [0.3, 0.4) is 0 Å². The minimum Gasteiger partial charge on any atom is -0.493 e. The summed E-state index contributed by atoms with van der Waals surface area (Å²) in [5.74, 6) is 0.684. The topological polar surface area (TPSA) is 38.3 Å². The molecule has 98 valence electrons. The van der Waals surface area contributed by atoms with E-state index in [1.165, 1.54) is 12.8 Å². The summed E-state index contributed by atoms with van der Waals surface area (Å²) in [5, 5.41) is 3.09. The van der Waals surface area contributed by atoms with Crippen LogP contribution in [0, 0.1) is 0 Å². The number of hydrogen-bond donors (Lipinski definition) is 1. The predicted octanol–water partition coefficient (Wildman–Crippen LogP) is 3.15. The first kappa shape index (κ1) is 12.9. The van der Waals surface area contributed by atoms with Gasteiger partial charge in [-0.05, 0) is 31.4 Å². The van der Waals surface area contributed by atoms with Crippen LogP contribution in [0.5, 0.6) is 5.75 Å². The average molecular weight is 247 g/mol. The van der Waals surface area contributed by atoms with Gasteiger partial charge in [-0.15, -0.1) is 0 Å². The lowest BCUT2D eigenvalue weighted by molar-refractivity contribution is 0.0934. The average Bonchev–Trinajstić information content (AvgIpc) is 2.89. The fourth-order valence-corrected chi connectivity index (χ4v) is 2.33. The summed E-state index contributed by atoms with van der Waals surface area (Å²) in [6.07, 6.45) is 5.59. The van der Waals surface area contributed by atoms with Crippen molar-refractivity contribution in [3.63, 3.8) is 0 Å². The number of rotatable bonds is 5. The Hall–Kier alpha value is -1.51. The molecule has 0 atom stereocenters. The van der Waals surface area contributed by atoms with Crippen molar-refractivity contribution in [2.75, 3.05) is 6.61 Å². The van der Waals surface area contributed by atoms with E-state index in [0.717, 1.165) is 19.3 Å². The molecule has 3 heteroatoms. The number of para-hydroxylation sites is 1. The number of carbonyl (C=O) groups is 1. The van der Waals surface area contributed by atoms with Gasteiger partial charge in [0.05, 0.1) is 12.2 Å². The molecule has 1 amide bonds. The molecule has 1 aliphatic rings. The fourth-order valence-electron chi connectivity index (χ4n) is 2.33. The van der Waals surface area contributed by atoms with Gasteiger partial charge in [0.2, 0.25) is 0 Å². The summed E-state index contributed by atoms with van der Waals surface area (Å²) < 4.78 is 5.61. The minimum absolute atomic E-state index is 0.00592. The maximum absolute atomic E-state index is 12.2. The Morgan fingerprint density at radius 2 is 2.06 bits per heavy atom. The molecule has 0 spiro atoms. The Bertz CT molecular complexity index is 397. The van der Waals surface area contributed by atoms with E-state index in [1.807, 2.05) is 24.3 Å². The maximum Gasteiger partial charge on any atom is 0.255 e. The lowest BCUT2D eigenvalue weighted by Gasteiger charge is -2.14. The van der Waals surface area contributed by atoms with Crippen molar-refractivity contribution in [2.45, 2.75) is 45.1 Å². The van der Waals surface area contributed by atoms with Gasteiger partial charge in [-0.1, -0.05) is 31.9 Å². The molecule has 1 aromatic carbocycles. The molecule has 1 saturated carbocycles. The largest absolute Gasteiger partial charge is 0.493 e. The van der Waals surface area contributed by atoms with E-state index in [9.17, 15) is 4.79 Å². The Morgan fingerprint density at radius 1 is 1.33 bits per heavy atom. The number of amides is 1. The van der Waals surface area contributed by atoms with Crippen molar-refractivity contribution in [1.82, 2.24) is 5.32 Å². The fraction of sp³-hybridized carbons (Fsp3) is 0.533. The lowest BCUT2D eigenvalue weighted by Crippen LogP contribution is -2.32. The van der Waals surface area contributed by atoms with Gasteiger partial charge < -0.3 is 10.1 Å². The van der Waals surface area contributed by atoms with Crippen molar-refractivity contribution in [2.24, 2.45) is 0 Å². The molecule has 0 saturated heterocycles. The van der Waals surface area contributed by atoms with Crippen LogP contribution in [-0.2, 0) is 0 Å². The second-order valence-corrected chi connectivity index (χ2v) is 4.80. The first-order chi connectivity index (χ1) is 8.81. The van der Waals surface area contributed by atoms with Crippen LogP contribution in [-0.4, -0.2) is 18.6 Å². The maximum atomic E-state index is 12.2. The van der Waals surface area contributed by atoms with E-state index in [-0.39, 0.29) is 5.91 Å². The summed E-state index contributed by atoms with van der Waals surface area (Å²) in [6.45, 7) is 2.70. The van der Waals surface area contributed by atoms with Gasteiger partial charge in [-0.3, -0.25) is 4.79 Å². The molecule has 0 bridgehead atoms. The smallest absolute Gasteiger partial charge is 0.255 e. The first-order valence-electron chi connectivity index (χ1n) is 6.84. The molecule has 1 aliphatic carbocycles.